The fraction of sp³-hybridized carbons (Fsp3) is 0.250. The van der Waals surface area contributed by atoms with E-state index in [2.05, 4.69) is 0 Å². The van der Waals surface area contributed by atoms with Crippen molar-refractivity contribution in [1.82, 2.24) is 0 Å². The maximum atomic E-state index is 13.6. The largest absolute Gasteiger partial charge is 0.416 e. The SMILES string of the molecule is Cc1cc(C(N)c2ccccc2C(F)(F)F)cc(C)c1F. The molecule has 0 fully saturated rings. The molecule has 1 atom stereocenters. The summed E-state index contributed by atoms with van der Waals surface area (Å²) in [6.07, 6.45) is -4.47. The molecule has 21 heavy (non-hydrogen) atoms. The molecular formula is C16H15F4N. The van der Waals surface area contributed by atoms with Crippen molar-refractivity contribution in [1.29, 1.82) is 0 Å². The lowest BCUT2D eigenvalue weighted by Gasteiger charge is -2.19. The normalized spacial score (nSPS) is 13.3. The number of hydrogen-bond acceptors (Lipinski definition) is 1. The van der Waals surface area contributed by atoms with E-state index in [0.717, 1.165) is 6.07 Å². The summed E-state index contributed by atoms with van der Waals surface area (Å²) in [5, 5.41) is 0. The van der Waals surface area contributed by atoms with Crippen LogP contribution in [-0.4, -0.2) is 0 Å². The molecule has 0 amide bonds. The van der Waals surface area contributed by atoms with Crippen LogP contribution in [0.2, 0.25) is 0 Å². The predicted octanol–water partition coefficient (Wildman–Crippen LogP) is 4.51. The monoisotopic (exact) mass is 297 g/mol. The van der Waals surface area contributed by atoms with E-state index in [1.807, 2.05) is 0 Å². The van der Waals surface area contributed by atoms with Crippen LogP contribution < -0.4 is 5.73 Å². The Kier molecular flexibility index (Phi) is 4.05. The van der Waals surface area contributed by atoms with E-state index >= 15 is 0 Å². The quantitative estimate of drug-likeness (QED) is 0.811. The number of nitrogens with two attached hydrogens (primary N) is 1. The van der Waals surface area contributed by atoms with Gasteiger partial charge in [0.2, 0.25) is 0 Å². The lowest BCUT2D eigenvalue weighted by atomic mass is 9.92. The van der Waals surface area contributed by atoms with Gasteiger partial charge in [0.25, 0.3) is 0 Å². The van der Waals surface area contributed by atoms with Gasteiger partial charge in [-0.05, 0) is 42.2 Å². The molecule has 0 saturated carbocycles. The summed E-state index contributed by atoms with van der Waals surface area (Å²) in [6.45, 7) is 3.13. The Labute approximate surface area is 120 Å². The van der Waals surface area contributed by atoms with Crippen molar-refractivity contribution in [2.75, 3.05) is 0 Å². The molecule has 0 aliphatic heterocycles. The van der Waals surface area contributed by atoms with Crippen LogP contribution in [0.15, 0.2) is 36.4 Å². The summed E-state index contributed by atoms with van der Waals surface area (Å²) >= 11 is 0. The minimum atomic E-state index is -4.47. The van der Waals surface area contributed by atoms with Crippen LogP contribution in [-0.2, 0) is 6.18 Å². The summed E-state index contributed by atoms with van der Waals surface area (Å²) in [4.78, 5) is 0. The maximum absolute atomic E-state index is 13.6. The topological polar surface area (TPSA) is 26.0 Å². The molecule has 2 N–H and O–H groups in total. The molecule has 0 aromatic heterocycles. The van der Waals surface area contributed by atoms with Gasteiger partial charge in [0.15, 0.2) is 0 Å². The molecule has 0 bridgehead atoms. The zero-order chi connectivity index (χ0) is 15.8. The Morgan fingerprint density at radius 3 is 2.05 bits per heavy atom. The molecule has 2 aromatic rings. The lowest BCUT2D eigenvalue weighted by Crippen LogP contribution is -2.18. The van der Waals surface area contributed by atoms with Crippen molar-refractivity contribution in [3.63, 3.8) is 0 Å². The average molecular weight is 297 g/mol. The van der Waals surface area contributed by atoms with Crippen molar-refractivity contribution in [2.45, 2.75) is 26.1 Å². The Bertz CT molecular complexity index is 639. The molecule has 0 aliphatic carbocycles. The molecular weight excluding hydrogens is 282 g/mol. The molecule has 2 aromatic carbocycles. The van der Waals surface area contributed by atoms with E-state index < -0.39 is 17.8 Å². The number of alkyl halides is 3. The summed E-state index contributed by atoms with van der Waals surface area (Å²) in [5.41, 5.74) is 6.39. The Morgan fingerprint density at radius 1 is 1.00 bits per heavy atom. The second-order valence-corrected chi connectivity index (χ2v) is 5.03. The van der Waals surface area contributed by atoms with Gasteiger partial charge >= 0.3 is 6.18 Å². The van der Waals surface area contributed by atoms with Gasteiger partial charge in [0, 0.05) is 0 Å². The van der Waals surface area contributed by atoms with Gasteiger partial charge in [-0.2, -0.15) is 13.2 Å². The molecule has 0 aliphatic rings. The molecule has 0 spiro atoms. The number of halogens is 4. The van der Waals surface area contributed by atoms with Crippen LogP contribution in [0.4, 0.5) is 17.6 Å². The first-order valence-electron chi connectivity index (χ1n) is 6.40. The third kappa shape index (κ3) is 3.08. The highest BCUT2D eigenvalue weighted by Gasteiger charge is 2.34. The van der Waals surface area contributed by atoms with E-state index in [4.69, 9.17) is 5.73 Å². The molecule has 1 nitrogen and oxygen atoms in total. The number of benzene rings is 2. The predicted molar refractivity (Wildman–Crippen MR) is 73.3 cm³/mol. The van der Waals surface area contributed by atoms with Crippen LogP contribution in [0.3, 0.4) is 0 Å². The first kappa shape index (κ1) is 15.5. The highest BCUT2D eigenvalue weighted by Crippen LogP contribution is 2.36. The van der Waals surface area contributed by atoms with Gasteiger partial charge in [-0.1, -0.05) is 30.3 Å². The van der Waals surface area contributed by atoms with E-state index in [-0.39, 0.29) is 11.4 Å². The Balaban J connectivity index is 2.53. The summed E-state index contributed by atoms with van der Waals surface area (Å²) in [7, 11) is 0. The number of aryl methyl sites for hydroxylation is 2. The van der Waals surface area contributed by atoms with Crippen LogP contribution in [0.5, 0.6) is 0 Å². The standard InChI is InChI=1S/C16H15F4N/c1-9-7-11(8-10(2)14(9)17)15(21)12-5-3-4-6-13(12)16(18,19)20/h3-8,15H,21H2,1-2H3. The maximum Gasteiger partial charge on any atom is 0.416 e. The van der Waals surface area contributed by atoms with E-state index in [9.17, 15) is 17.6 Å². The van der Waals surface area contributed by atoms with Crippen molar-refractivity contribution < 1.29 is 17.6 Å². The second kappa shape index (κ2) is 5.48. The van der Waals surface area contributed by atoms with Crippen molar-refractivity contribution in [3.8, 4) is 0 Å². The minimum absolute atomic E-state index is 0.0181. The van der Waals surface area contributed by atoms with Gasteiger partial charge in [-0.25, -0.2) is 4.39 Å². The Morgan fingerprint density at radius 2 is 1.52 bits per heavy atom. The van der Waals surface area contributed by atoms with E-state index in [0.29, 0.717) is 16.7 Å². The average Bonchev–Trinajstić information content (AvgIpc) is 2.42. The van der Waals surface area contributed by atoms with E-state index in [1.54, 1.807) is 13.8 Å². The van der Waals surface area contributed by atoms with Crippen molar-refractivity contribution >= 4 is 0 Å². The fourth-order valence-corrected chi connectivity index (χ4v) is 2.36. The smallest absolute Gasteiger partial charge is 0.320 e. The molecule has 0 heterocycles. The van der Waals surface area contributed by atoms with Gasteiger partial charge in [-0.15, -0.1) is 0 Å². The highest BCUT2D eigenvalue weighted by molar-refractivity contribution is 5.41. The van der Waals surface area contributed by atoms with Crippen LogP contribution in [0, 0.1) is 19.7 Å². The van der Waals surface area contributed by atoms with Crippen LogP contribution in [0.25, 0.3) is 0 Å². The van der Waals surface area contributed by atoms with Crippen LogP contribution >= 0.6 is 0 Å². The van der Waals surface area contributed by atoms with E-state index in [1.165, 1.54) is 30.3 Å². The fourth-order valence-electron chi connectivity index (χ4n) is 2.36. The second-order valence-electron chi connectivity index (χ2n) is 5.03. The number of rotatable bonds is 2. The van der Waals surface area contributed by atoms with Gasteiger partial charge in [-0.3, -0.25) is 0 Å². The first-order valence-corrected chi connectivity index (χ1v) is 6.40. The van der Waals surface area contributed by atoms with Gasteiger partial charge in [0.1, 0.15) is 5.82 Å². The van der Waals surface area contributed by atoms with Gasteiger partial charge in [0.05, 0.1) is 11.6 Å². The number of hydrogen-bond donors (Lipinski definition) is 1. The molecule has 2 rings (SSSR count). The zero-order valence-corrected chi connectivity index (χ0v) is 11.6. The van der Waals surface area contributed by atoms with Crippen LogP contribution in [0.1, 0.15) is 33.9 Å². The first-order chi connectivity index (χ1) is 9.71. The van der Waals surface area contributed by atoms with Crippen molar-refractivity contribution in [3.05, 3.63) is 70.0 Å². The highest BCUT2D eigenvalue weighted by atomic mass is 19.4. The zero-order valence-electron chi connectivity index (χ0n) is 11.6. The lowest BCUT2D eigenvalue weighted by molar-refractivity contribution is -0.138. The minimum Gasteiger partial charge on any atom is -0.320 e. The third-order valence-corrected chi connectivity index (χ3v) is 3.42. The summed E-state index contributed by atoms with van der Waals surface area (Å²) in [6, 6.07) is 7.19. The third-order valence-electron chi connectivity index (χ3n) is 3.42. The van der Waals surface area contributed by atoms with Crippen molar-refractivity contribution in [2.24, 2.45) is 5.73 Å². The molecule has 0 saturated heterocycles. The Hall–Kier alpha value is -1.88. The van der Waals surface area contributed by atoms with Gasteiger partial charge < -0.3 is 5.73 Å². The summed E-state index contributed by atoms with van der Waals surface area (Å²) in [5.74, 6) is -0.366. The molecule has 5 heteroatoms. The molecule has 0 radical (unpaired) electrons. The summed E-state index contributed by atoms with van der Waals surface area (Å²) < 4.78 is 52.7. The molecule has 112 valence electrons. The molecule has 1 unspecified atom stereocenters.